The van der Waals surface area contributed by atoms with Crippen LogP contribution in [0.5, 0.6) is 0 Å². The normalized spacial score (nSPS) is 19.5. The summed E-state index contributed by atoms with van der Waals surface area (Å²) in [5.41, 5.74) is 0.784. The minimum Gasteiger partial charge on any atom is -0.371 e. The van der Waals surface area contributed by atoms with Gasteiger partial charge >= 0.3 is 0 Å². The Morgan fingerprint density at radius 3 is 2.89 bits per heavy atom. The van der Waals surface area contributed by atoms with Crippen molar-refractivity contribution in [2.24, 2.45) is 5.92 Å². The molecule has 1 fully saturated rings. The van der Waals surface area contributed by atoms with E-state index >= 15 is 0 Å². The number of anilines is 1. The van der Waals surface area contributed by atoms with Gasteiger partial charge in [0.1, 0.15) is 0 Å². The van der Waals surface area contributed by atoms with E-state index in [0.717, 1.165) is 44.7 Å². The van der Waals surface area contributed by atoms with E-state index in [0.29, 0.717) is 5.92 Å². The van der Waals surface area contributed by atoms with Gasteiger partial charge in [0.25, 0.3) is 0 Å². The Hall–Kier alpha value is -1.16. The van der Waals surface area contributed by atoms with Crippen LogP contribution in [0.3, 0.4) is 0 Å². The van der Waals surface area contributed by atoms with E-state index in [1.54, 1.807) is 6.07 Å². The van der Waals surface area contributed by atoms with Crippen molar-refractivity contribution in [2.45, 2.75) is 19.8 Å². The van der Waals surface area contributed by atoms with Crippen molar-refractivity contribution in [1.82, 2.24) is 5.32 Å². The first-order valence-electron chi connectivity index (χ1n) is 6.61. The number of benzene rings is 1. The molecular weight excluding hydrogens is 234 g/mol. The molecule has 1 N–H and O–H groups in total. The van der Waals surface area contributed by atoms with Crippen LogP contribution in [0.2, 0.25) is 0 Å². The van der Waals surface area contributed by atoms with Gasteiger partial charge in [0, 0.05) is 24.8 Å². The average Bonchev–Trinajstić information content (AvgIpc) is 2.82. The third-order valence-corrected chi connectivity index (χ3v) is 3.41. The van der Waals surface area contributed by atoms with Crippen LogP contribution in [0.1, 0.15) is 19.8 Å². The van der Waals surface area contributed by atoms with Gasteiger partial charge in [0.05, 0.1) is 0 Å². The first-order chi connectivity index (χ1) is 8.70. The minimum atomic E-state index is -0.779. The highest BCUT2D eigenvalue weighted by Gasteiger charge is 2.22. The smallest absolute Gasteiger partial charge is 0.160 e. The van der Waals surface area contributed by atoms with Gasteiger partial charge in [0.2, 0.25) is 0 Å². The SMILES string of the molecule is CCCNCC1CCN(c2ccc(F)c(F)c2)C1. The van der Waals surface area contributed by atoms with Crippen LogP contribution >= 0.6 is 0 Å². The quantitative estimate of drug-likeness (QED) is 0.813. The number of nitrogens with one attached hydrogen (secondary N) is 1. The monoisotopic (exact) mass is 254 g/mol. The molecule has 0 saturated carbocycles. The third-order valence-electron chi connectivity index (χ3n) is 3.41. The fraction of sp³-hybridized carbons (Fsp3) is 0.571. The highest BCUT2D eigenvalue weighted by molar-refractivity contribution is 5.47. The van der Waals surface area contributed by atoms with E-state index < -0.39 is 11.6 Å². The first-order valence-corrected chi connectivity index (χ1v) is 6.61. The Morgan fingerprint density at radius 2 is 2.17 bits per heavy atom. The second-order valence-corrected chi connectivity index (χ2v) is 4.90. The summed E-state index contributed by atoms with van der Waals surface area (Å²) in [7, 11) is 0. The van der Waals surface area contributed by atoms with Crippen LogP contribution in [-0.4, -0.2) is 26.2 Å². The molecule has 100 valence electrons. The maximum absolute atomic E-state index is 13.2. The lowest BCUT2D eigenvalue weighted by atomic mass is 10.1. The zero-order valence-electron chi connectivity index (χ0n) is 10.8. The number of hydrogen-bond donors (Lipinski definition) is 1. The lowest BCUT2D eigenvalue weighted by Gasteiger charge is -2.19. The summed E-state index contributed by atoms with van der Waals surface area (Å²) in [6.45, 7) is 6.04. The van der Waals surface area contributed by atoms with Gasteiger partial charge in [-0.2, -0.15) is 0 Å². The van der Waals surface area contributed by atoms with Gasteiger partial charge in [-0.15, -0.1) is 0 Å². The number of rotatable bonds is 5. The van der Waals surface area contributed by atoms with Gasteiger partial charge in [-0.3, -0.25) is 0 Å². The van der Waals surface area contributed by atoms with Crippen molar-refractivity contribution in [3.63, 3.8) is 0 Å². The summed E-state index contributed by atoms with van der Waals surface area (Å²) in [5.74, 6) is -0.941. The Bertz CT molecular complexity index is 395. The van der Waals surface area contributed by atoms with Crippen LogP contribution in [0.25, 0.3) is 0 Å². The van der Waals surface area contributed by atoms with Gasteiger partial charge in [0.15, 0.2) is 11.6 Å². The highest BCUT2D eigenvalue weighted by Crippen LogP contribution is 2.24. The van der Waals surface area contributed by atoms with E-state index in [1.807, 2.05) is 0 Å². The zero-order chi connectivity index (χ0) is 13.0. The van der Waals surface area contributed by atoms with Crippen LogP contribution in [0.4, 0.5) is 14.5 Å². The number of hydrogen-bond acceptors (Lipinski definition) is 2. The molecule has 18 heavy (non-hydrogen) atoms. The lowest BCUT2D eigenvalue weighted by molar-refractivity contribution is 0.507. The number of halogens is 2. The molecule has 1 saturated heterocycles. The molecule has 2 nitrogen and oxygen atoms in total. The second kappa shape index (κ2) is 6.14. The Balaban J connectivity index is 1.89. The van der Waals surface area contributed by atoms with Gasteiger partial charge < -0.3 is 10.2 Å². The van der Waals surface area contributed by atoms with E-state index in [4.69, 9.17) is 0 Å². The van der Waals surface area contributed by atoms with Crippen LogP contribution in [0, 0.1) is 17.6 Å². The highest BCUT2D eigenvalue weighted by atomic mass is 19.2. The molecule has 0 aliphatic carbocycles. The predicted molar refractivity (Wildman–Crippen MR) is 69.8 cm³/mol. The van der Waals surface area contributed by atoms with Gasteiger partial charge in [-0.1, -0.05) is 6.92 Å². The second-order valence-electron chi connectivity index (χ2n) is 4.90. The molecule has 1 aromatic rings. The fourth-order valence-corrected chi connectivity index (χ4v) is 2.40. The van der Waals surface area contributed by atoms with E-state index in [-0.39, 0.29) is 0 Å². The largest absolute Gasteiger partial charge is 0.371 e. The summed E-state index contributed by atoms with van der Waals surface area (Å²) < 4.78 is 26.0. The van der Waals surface area contributed by atoms with Gasteiger partial charge in [-0.05, 0) is 44.0 Å². The third kappa shape index (κ3) is 3.19. The van der Waals surface area contributed by atoms with E-state index in [2.05, 4.69) is 17.1 Å². The van der Waals surface area contributed by atoms with E-state index in [9.17, 15) is 8.78 Å². The molecule has 1 aliphatic rings. The fourth-order valence-electron chi connectivity index (χ4n) is 2.40. The van der Waals surface area contributed by atoms with Crippen molar-refractivity contribution in [3.05, 3.63) is 29.8 Å². The maximum atomic E-state index is 13.2. The maximum Gasteiger partial charge on any atom is 0.160 e. The molecule has 1 aliphatic heterocycles. The van der Waals surface area contributed by atoms with Gasteiger partial charge in [-0.25, -0.2) is 8.78 Å². The average molecular weight is 254 g/mol. The molecule has 0 amide bonds. The van der Waals surface area contributed by atoms with E-state index in [1.165, 1.54) is 12.1 Å². The molecule has 1 unspecified atom stereocenters. The Labute approximate surface area is 107 Å². The van der Waals surface area contributed by atoms with Crippen LogP contribution in [-0.2, 0) is 0 Å². The van der Waals surface area contributed by atoms with Crippen molar-refractivity contribution in [3.8, 4) is 0 Å². The Morgan fingerprint density at radius 1 is 1.33 bits per heavy atom. The van der Waals surface area contributed by atoms with Crippen molar-refractivity contribution in [2.75, 3.05) is 31.1 Å². The van der Waals surface area contributed by atoms with Crippen LogP contribution in [0.15, 0.2) is 18.2 Å². The standard InChI is InChI=1S/C14H20F2N2/c1-2-6-17-9-11-5-7-18(10-11)12-3-4-13(15)14(16)8-12/h3-4,8,11,17H,2,5-7,9-10H2,1H3. The van der Waals surface area contributed by atoms with Crippen molar-refractivity contribution < 1.29 is 8.78 Å². The molecule has 1 atom stereocenters. The van der Waals surface area contributed by atoms with Crippen molar-refractivity contribution >= 4 is 5.69 Å². The molecule has 2 rings (SSSR count). The first kappa shape index (κ1) is 13.3. The zero-order valence-corrected chi connectivity index (χ0v) is 10.8. The van der Waals surface area contributed by atoms with Crippen LogP contribution < -0.4 is 10.2 Å². The molecular formula is C14H20F2N2. The molecule has 0 aromatic heterocycles. The molecule has 0 radical (unpaired) electrons. The summed E-state index contributed by atoms with van der Waals surface area (Å²) >= 11 is 0. The molecule has 1 aromatic carbocycles. The predicted octanol–water partition coefficient (Wildman–Crippen LogP) is 2.79. The van der Waals surface area contributed by atoms with Crippen molar-refractivity contribution in [1.29, 1.82) is 0 Å². The topological polar surface area (TPSA) is 15.3 Å². The minimum absolute atomic E-state index is 0.602. The molecule has 0 bridgehead atoms. The summed E-state index contributed by atoms with van der Waals surface area (Å²) in [6.07, 6.45) is 2.25. The molecule has 0 spiro atoms. The summed E-state index contributed by atoms with van der Waals surface area (Å²) in [6, 6.07) is 4.14. The molecule has 4 heteroatoms. The number of nitrogens with zero attached hydrogens (tertiary/aromatic N) is 1. The lowest BCUT2D eigenvalue weighted by Crippen LogP contribution is -2.26. The molecule has 1 heterocycles. The summed E-state index contributed by atoms with van der Waals surface area (Å²) in [5, 5.41) is 3.41. The summed E-state index contributed by atoms with van der Waals surface area (Å²) in [4.78, 5) is 2.13. The Kier molecular flexibility index (Phi) is 4.53.